The fourth-order valence-electron chi connectivity index (χ4n) is 6.79. The van der Waals surface area contributed by atoms with Gasteiger partial charge >= 0.3 is 0 Å². The summed E-state index contributed by atoms with van der Waals surface area (Å²) >= 11 is 0. The van der Waals surface area contributed by atoms with Crippen LogP contribution < -0.4 is 22.6 Å². The normalized spacial score (nSPS) is 35.6. The molecule has 4 saturated carbocycles. The average Bonchev–Trinajstić information content (AvgIpc) is 2.60. The highest BCUT2D eigenvalue weighted by atomic mass is 35.5. The molecule has 6 rings (SSSR count). The molecule has 5 aliphatic rings. The standard InChI is InChI=1S/C22H30N2O.ClH.H2O/c25-21(22-12-16-9-17(13-22)11-18(10-16)14-22)23-6-8-24-7-5-19-3-1-2-4-20(19)15-24;;/h1-4,16-18H,5-15H2,(H,23,25);1H;1H2. The van der Waals surface area contributed by atoms with E-state index in [0.717, 1.165) is 37.4 Å². The van der Waals surface area contributed by atoms with Crippen LogP contribution in [0.3, 0.4) is 0 Å². The zero-order chi connectivity index (χ0) is 16.9. The number of nitrogens with one attached hydrogen (secondary N) is 2. The largest absolute Gasteiger partial charge is 1.00 e. The van der Waals surface area contributed by atoms with Gasteiger partial charge in [0.25, 0.3) is 0 Å². The molecule has 1 aromatic rings. The number of hydrogen-bond acceptors (Lipinski definition) is 1. The summed E-state index contributed by atoms with van der Waals surface area (Å²) in [6.45, 7) is 4.22. The number of carbonyl (C=O) groups is 1. The summed E-state index contributed by atoms with van der Waals surface area (Å²) in [5.41, 5.74) is 3.03. The highest BCUT2D eigenvalue weighted by Crippen LogP contribution is 2.60. The second-order valence-electron chi connectivity index (χ2n) is 9.40. The summed E-state index contributed by atoms with van der Waals surface area (Å²) < 4.78 is 0. The molecule has 27 heavy (non-hydrogen) atoms. The first-order valence-electron chi connectivity index (χ1n) is 10.4. The van der Waals surface area contributed by atoms with Crippen LogP contribution in [-0.4, -0.2) is 31.0 Å². The second-order valence-corrected chi connectivity index (χ2v) is 9.40. The number of rotatable bonds is 4. The summed E-state index contributed by atoms with van der Waals surface area (Å²) in [6, 6.07) is 8.83. The number of amides is 1. The van der Waals surface area contributed by atoms with Crippen molar-refractivity contribution in [2.45, 2.75) is 51.5 Å². The van der Waals surface area contributed by atoms with Crippen molar-refractivity contribution in [3.05, 3.63) is 35.4 Å². The average molecular weight is 393 g/mol. The third-order valence-corrected chi connectivity index (χ3v) is 7.59. The minimum absolute atomic E-state index is 0. The molecule has 1 unspecified atom stereocenters. The van der Waals surface area contributed by atoms with E-state index in [9.17, 15) is 4.79 Å². The minimum atomic E-state index is 0. The first-order chi connectivity index (χ1) is 12.2. The maximum absolute atomic E-state index is 13.0. The molecular weight excluding hydrogens is 360 g/mol. The number of fused-ring (bicyclic) bond motifs is 1. The fraction of sp³-hybridized carbons (Fsp3) is 0.682. The van der Waals surface area contributed by atoms with Gasteiger partial charge in [-0.05, 0) is 61.8 Å². The number of halogens is 1. The van der Waals surface area contributed by atoms with Crippen LogP contribution in [0.15, 0.2) is 24.3 Å². The van der Waals surface area contributed by atoms with Gasteiger partial charge in [0.15, 0.2) is 0 Å². The molecule has 1 amide bonds. The molecule has 4 nitrogen and oxygen atoms in total. The first kappa shape index (κ1) is 20.6. The van der Waals surface area contributed by atoms with Crippen molar-refractivity contribution in [1.82, 2.24) is 5.32 Å². The molecular formula is C22H33ClN2O2. The van der Waals surface area contributed by atoms with Gasteiger partial charge < -0.3 is 28.1 Å². The van der Waals surface area contributed by atoms with E-state index in [1.54, 1.807) is 4.90 Å². The molecule has 4 fully saturated rings. The molecule has 1 atom stereocenters. The van der Waals surface area contributed by atoms with Gasteiger partial charge in [-0.2, -0.15) is 0 Å². The smallest absolute Gasteiger partial charge is 0.226 e. The van der Waals surface area contributed by atoms with Crippen LogP contribution in [-0.2, 0) is 17.8 Å². The summed E-state index contributed by atoms with van der Waals surface area (Å²) in [5.74, 6) is 2.94. The predicted molar refractivity (Wildman–Crippen MR) is 102 cm³/mol. The van der Waals surface area contributed by atoms with Crippen LogP contribution >= 0.6 is 0 Å². The Morgan fingerprint density at radius 3 is 2.26 bits per heavy atom. The lowest BCUT2D eigenvalue weighted by Crippen LogP contribution is -3.12. The van der Waals surface area contributed by atoms with E-state index in [4.69, 9.17) is 0 Å². The fourth-order valence-corrected chi connectivity index (χ4v) is 6.79. The Balaban J connectivity index is 0.00000105. The van der Waals surface area contributed by atoms with Crippen LogP contribution in [0.25, 0.3) is 0 Å². The Hall–Kier alpha value is -1.10. The van der Waals surface area contributed by atoms with E-state index in [1.807, 2.05) is 0 Å². The highest BCUT2D eigenvalue weighted by molar-refractivity contribution is 5.83. The monoisotopic (exact) mass is 392 g/mol. The third-order valence-electron chi connectivity index (χ3n) is 7.59. The predicted octanol–water partition coefficient (Wildman–Crippen LogP) is -1.86. The quantitative estimate of drug-likeness (QED) is 0.620. The van der Waals surface area contributed by atoms with Gasteiger partial charge in [-0.1, -0.05) is 24.3 Å². The summed E-state index contributed by atoms with van der Waals surface area (Å²) in [5, 5.41) is 3.35. The summed E-state index contributed by atoms with van der Waals surface area (Å²) in [6.07, 6.45) is 8.92. The van der Waals surface area contributed by atoms with Crippen LogP contribution in [0.2, 0.25) is 0 Å². The van der Waals surface area contributed by atoms with E-state index >= 15 is 0 Å². The number of benzene rings is 1. The maximum Gasteiger partial charge on any atom is 0.226 e. The lowest BCUT2D eigenvalue weighted by molar-refractivity contribution is -0.914. The third kappa shape index (κ3) is 3.90. The van der Waals surface area contributed by atoms with Crippen molar-refractivity contribution in [2.24, 2.45) is 23.2 Å². The molecule has 0 saturated heterocycles. The summed E-state index contributed by atoms with van der Waals surface area (Å²) in [4.78, 5) is 14.6. The molecule has 1 heterocycles. The van der Waals surface area contributed by atoms with Crippen molar-refractivity contribution in [1.29, 1.82) is 0 Å². The zero-order valence-corrected chi connectivity index (χ0v) is 16.9. The molecule has 4 aliphatic carbocycles. The lowest BCUT2D eigenvalue weighted by atomic mass is 9.49. The van der Waals surface area contributed by atoms with Crippen LogP contribution in [0.1, 0.15) is 49.7 Å². The molecule has 150 valence electrons. The Morgan fingerprint density at radius 1 is 1.04 bits per heavy atom. The topological polar surface area (TPSA) is 65.0 Å². The molecule has 0 aromatic heterocycles. The Bertz CT molecular complexity index is 643. The molecule has 4 bridgehead atoms. The molecule has 1 aromatic carbocycles. The van der Waals surface area contributed by atoms with Crippen LogP contribution in [0.4, 0.5) is 0 Å². The van der Waals surface area contributed by atoms with Crippen molar-refractivity contribution in [3.8, 4) is 0 Å². The Labute approximate surface area is 168 Å². The van der Waals surface area contributed by atoms with Crippen LogP contribution in [0.5, 0.6) is 0 Å². The first-order valence-corrected chi connectivity index (χ1v) is 10.4. The van der Waals surface area contributed by atoms with Crippen LogP contribution in [0, 0.1) is 23.2 Å². The number of hydrogen-bond donors (Lipinski definition) is 2. The van der Waals surface area contributed by atoms with Gasteiger partial charge in [0.2, 0.25) is 5.91 Å². The van der Waals surface area contributed by atoms with Crippen molar-refractivity contribution < 1.29 is 27.6 Å². The second kappa shape index (κ2) is 8.10. The van der Waals surface area contributed by atoms with E-state index in [-0.39, 0.29) is 23.3 Å². The van der Waals surface area contributed by atoms with E-state index in [1.165, 1.54) is 62.6 Å². The van der Waals surface area contributed by atoms with Gasteiger partial charge in [-0.25, -0.2) is 0 Å². The van der Waals surface area contributed by atoms with Gasteiger partial charge in [0, 0.05) is 17.4 Å². The molecule has 0 spiro atoms. The highest BCUT2D eigenvalue weighted by Gasteiger charge is 2.54. The molecule has 5 heteroatoms. The van der Waals surface area contributed by atoms with Crippen molar-refractivity contribution in [2.75, 3.05) is 19.6 Å². The number of quaternary nitrogens is 1. The molecule has 4 N–H and O–H groups in total. The number of carbonyl (C=O) groups excluding carboxylic acids is 1. The lowest BCUT2D eigenvalue weighted by Gasteiger charge is -2.55. The van der Waals surface area contributed by atoms with Gasteiger partial charge in [0.05, 0.1) is 19.6 Å². The molecule has 1 aliphatic heterocycles. The van der Waals surface area contributed by atoms with E-state index < -0.39 is 0 Å². The molecule has 0 radical (unpaired) electrons. The minimum Gasteiger partial charge on any atom is -1.00 e. The maximum atomic E-state index is 13.0. The van der Waals surface area contributed by atoms with Gasteiger partial charge in [0.1, 0.15) is 6.54 Å². The summed E-state index contributed by atoms with van der Waals surface area (Å²) in [7, 11) is 0. The zero-order valence-electron chi connectivity index (χ0n) is 16.1. The Kier molecular flexibility index (Phi) is 6.19. The van der Waals surface area contributed by atoms with Gasteiger partial charge in [-0.15, -0.1) is 0 Å². The van der Waals surface area contributed by atoms with Gasteiger partial charge in [-0.3, -0.25) is 4.79 Å². The van der Waals surface area contributed by atoms with E-state index in [2.05, 4.69) is 29.6 Å². The Morgan fingerprint density at radius 2 is 1.63 bits per heavy atom. The SMILES string of the molecule is O.O=C(NCC[NH+]1CCc2ccccc2C1)C12CC3CC(CC(C3)C1)C2.[Cl-]. The van der Waals surface area contributed by atoms with Crippen molar-refractivity contribution in [3.63, 3.8) is 0 Å². The van der Waals surface area contributed by atoms with E-state index in [0.29, 0.717) is 5.91 Å². The van der Waals surface area contributed by atoms with Crippen molar-refractivity contribution >= 4 is 5.91 Å².